The molecule has 0 amide bonds. The van der Waals surface area contributed by atoms with Crippen LogP contribution in [0.25, 0.3) is 0 Å². The van der Waals surface area contributed by atoms with E-state index >= 15 is 0 Å². The van der Waals surface area contributed by atoms with Gasteiger partial charge in [0.2, 0.25) is 0 Å². The summed E-state index contributed by atoms with van der Waals surface area (Å²) in [5.74, 6) is -0.683. The van der Waals surface area contributed by atoms with E-state index in [2.05, 4.69) is 11.3 Å². The molecule has 5 nitrogen and oxygen atoms in total. The summed E-state index contributed by atoms with van der Waals surface area (Å²) in [6.45, 7) is 3.19. The summed E-state index contributed by atoms with van der Waals surface area (Å²) >= 11 is 0. The maximum absolute atomic E-state index is 10.8. The minimum absolute atomic E-state index is 0. The first-order valence-corrected chi connectivity index (χ1v) is 5.29. The molecule has 16 heavy (non-hydrogen) atoms. The molecule has 0 aliphatic rings. The second kappa shape index (κ2) is 6.17. The average Bonchev–Trinajstić information content (AvgIpc) is 2.17. The molecule has 1 N–H and O–H groups in total. The molecule has 1 rings (SSSR count). The Morgan fingerprint density at radius 2 is 2.12 bits per heavy atom. The summed E-state index contributed by atoms with van der Waals surface area (Å²) in [6.07, 6.45) is 0.945. The van der Waals surface area contributed by atoms with Crippen LogP contribution in [0.15, 0.2) is 41.8 Å². The molecule has 0 atom stereocenters. The van der Waals surface area contributed by atoms with Crippen LogP contribution in [0.5, 0.6) is 5.75 Å². The smallest absolute Gasteiger partial charge is 1.00 e. The van der Waals surface area contributed by atoms with Gasteiger partial charge in [0.05, 0.1) is 4.90 Å². The summed E-state index contributed by atoms with van der Waals surface area (Å²) < 4.78 is 34.9. The fourth-order valence-corrected chi connectivity index (χ4v) is 1.37. The van der Waals surface area contributed by atoms with Crippen LogP contribution in [0.1, 0.15) is 1.43 Å². The van der Waals surface area contributed by atoms with Gasteiger partial charge in [-0.3, -0.25) is 4.55 Å². The average molecular weight is 252 g/mol. The standard InChI is InChI=1S/C9H8O5S.Na.H/c1-2-9(10)14-7-4-3-5-8(6-7)15(11,12)13;;/h2-6H,1H2,(H,11,12,13);;/q;+1;-1. The molecule has 0 saturated heterocycles. The predicted octanol–water partition coefficient (Wildman–Crippen LogP) is -1.86. The third kappa shape index (κ3) is 4.46. The molecule has 0 aliphatic heterocycles. The van der Waals surface area contributed by atoms with Gasteiger partial charge in [0, 0.05) is 12.1 Å². The Morgan fingerprint density at radius 3 is 2.62 bits per heavy atom. The van der Waals surface area contributed by atoms with Crippen molar-refractivity contribution < 1.29 is 53.5 Å². The van der Waals surface area contributed by atoms with E-state index in [1.165, 1.54) is 18.2 Å². The van der Waals surface area contributed by atoms with Crippen LogP contribution in [-0.2, 0) is 14.9 Å². The van der Waals surface area contributed by atoms with Gasteiger partial charge in [0.15, 0.2) is 0 Å². The van der Waals surface area contributed by atoms with Crippen LogP contribution in [0.3, 0.4) is 0 Å². The van der Waals surface area contributed by atoms with E-state index in [9.17, 15) is 13.2 Å². The Bertz CT molecular complexity index is 500. The molecule has 0 saturated carbocycles. The number of hydrogen-bond acceptors (Lipinski definition) is 4. The van der Waals surface area contributed by atoms with Crippen molar-refractivity contribution in [3.8, 4) is 5.75 Å². The van der Waals surface area contributed by atoms with E-state index in [0.717, 1.165) is 12.1 Å². The molecule has 1 aromatic rings. The molecule has 0 radical (unpaired) electrons. The first kappa shape index (κ1) is 15.3. The summed E-state index contributed by atoms with van der Waals surface area (Å²) in [5.41, 5.74) is 0. The summed E-state index contributed by atoms with van der Waals surface area (Å²) in [6, 6.07) is 4.95. The third-order valence-electron chi connectivity index (χ3n) is 1.49. The van der Waals surface area contributed by atoms with Crippen molar-refractivity contribution in [3.05, 3.63) is 36.9 Å². The van der Waals surface area contributed by atoms with Gasteiger partial charge < -0.3 is 6.16 Å². The Hall–Kier alpha value is -0.660. The fraction of sp³-hybridized carbons (Fsp3) is 0. The van der Waals surface area contributed by atoms with Gasteiger partial charge in [-0.15, -0.1) is 0 Å². The first-order valence-electron chi connectivity index (χ1n) is 3.85. The molecular weight excluding hydrogens is 243 g/mol. The van der Waals surface area contributed by atoms with Crippen LogP contribution < -0.4 is 34.3 Å². The SMILES string of the molecule is C=CC(=O)Oc1cccc(S(=O)(=O)O)c1.[H-].[Na+]. The minimum atomic E-state index is -4.28. The molecule has 0 spiro atoms. The molecule has 0 aliphatic carbocycles. The third-order valence-corrected chi connectivity index (χ3v) is 2.34. The van der Waals surface area contributed by atoms with E-state index in [0.29, 0.717) is 0 Å². The van der Waals surface area contributed by atoms with E-state index < -0.39 is 16.1 Å². The number of carbonyl (C=O) groups excluding carboxylic acids is 1. The Balaban J connectivity index is 0. The fourth-order valence-electron chi connectivity index (χ4n) is 0.856. The second-order valence-electron chi connectivity index (χ2n) is 2.58. The van der Waals surface area contributed by atoms with Crippen LogP contribution in [0.4, 0.5) is 0 Å². The quantitative estimate of drug-likeness (QED) is 0.224. The summed E-state index contributed by atoms with van der Waals surface area (Å²) in [5, 5.41) is 0. The van der Waals surface area contributed by atoms with Gasteiger partial charge in [-0.2, -0.15) is 8.42 Å². The van der Waals surface area contributed by atoms with Crippen LogP contribution >= 0.6 is 0 Å². The van der Waals surface area contributed by atoms with Crippen LogP contribution in [0.2, 0.25) is 0 Å². The van der Waals surface area contributed by atoms with E-state index in [1.807, 2.05) is 0 Å². The van der Waals surface area contributed by atoms with Crippen LogP contribution in [-0.4, -0.2) is 18.9 Å². The number of hydrogen-bond donors (Lipinski definition) is 1. The number of ether oxygens (including phenoxy) is 1. The Labute approximate surface area is 117 Å². The van der Waals surface area contributed by atoms with Crippen molar-refractivity contribution >= 4 is 16.1 Å². The number of rotatable bonds is 3. The molecule has 1 aromatic carbocycles. The van der Waals surface area contributed by atoms with E-state index in [1.54, 1.807) is 0 Å². The second-order valence-corrected chi connectivity index (χ2v) is 4.00. The summed E-state index contributed by atoms with van der Waals surface area (Å²) in [4.78, 5) is 10.5. The number of esters is 1. The monoisotopic (exact) mass is 252 g/mol. The van der Waals surface area contributed by atoms with Gasteiger partial charge in [-0.05, 0) is 12.1 Å². The van der Waals surface area contributed by atoms with Crippen molar-refractivity contribution in [2.24, 2.45) is 0 Å². The normalized spacial score (nSPS) is 10.1. The van der Waals surface area contributed by atoms with Gasteiger partial charge in [0.1, 0.15) is 5.75 Å². The zero-order valence-corrected chi connectivity index (χ0v) is 11.4. The summed E-state index contributed by atoms with van der Waals surface area (Å²) in [7, 11) is -4.28. The topological polar surface area (TPSA) is 80.7 Å². The largest absolute Gasteiger partial charge is 1.00 e. The van der Waals surface area contributed by atoms with Crippen molar-refractivity contribution in [3.63, 3.8) is 0 Å². The molecular formula is C9H9NaO5S. The molecule has 0 fully saturated rings. The maximum atomic E-state index is 10.8. The molecule has 0 unspecified atom stereocenters. The number of carbonyl (C=O) groups is 1. The predicted molar refractivity (Wildman–Crippen MR) is 53.2 cm³/mol. The van der Waals surface area contributed by atoms with Crippen LogP contribution in [0, 0.1) is 0 Å². The van der Waals surface area contributed by atoms with Gasteiger partial charge in [-0.1, -0.05) is 12.6 Å². The van der Waals surface area contributed by atoms with E-state index in [4.69, 9.17) is 4.55 Å². The maximum Gasteiger partial charge on any atom is 1.00 e. The zero-order chi connectivity index (χ0) is 11.5. The van der Waals surface area contributed by atoms with E-state index in [-0.39, 0.29) is 41.6 Å². The van der Waals surface area contributed by atoms with Crippen molar-refractivity contribution in [1.82, 2.24) is 0 Å². The minimum Gasteiger partial charge on any atom is -1.00 e. The molecule has 0 heterocycles. The molecule has 0 bridgehead atoms. The van der Waals surface area contributed by atoms with Gasteiger partial charge in [0.25, 0.3) is 10.1 Å². The van der Waals surface area contributed by atoms with Crippen molar-refractivity contribution in [1.29, 1.82) is 0 Å². The Morgan fingerprint density at radius 1 is 1.50 bits per heavy atom. The molecule has 82 valence electrons. The Kier molecular flexibility index (Phi) is 5.91. The van der Waals surface area contributed by atoms with Crippen molar-refractivity contribution in [2.45, 2.75) is 4.90 Å². The number of benzene rings is 1. The first-order chi connectivity index (χ1) is 6.93. The van der Waals surface area contributed by atoms with Crippen molar-refractivity contribution in [2.75, 3.05) is 0 Å². The molecule has 7 heteroatoms. The van der Waals surface area contributed by atoms with Gasteiger partial charge in [-0.25, -0.2) is 4.79 Å². The van der Waals surface area contributed by atoms with Gasteiger partial charge >= 0.3 is 35.5 Å². The molecule has 0 aromatic heterocycles. The zero-order valence-electron chi connectivity index (χ0n) is 9.58.